The summed E-state index contributed by atoms with van der Waals surface area (Å²) in [5.41, 5.74) is 3.84. The number of carbonyl (C=O) groups excluding carboxylic acids is 1. The highest BCUT2D eigenvalue weighted by Gasteiger charge is 2.08. The van der Waals surface area contributed by atoms with Crippen LogP contribution in [0.4, 0.5) is 5.69 Å². The summed E-state index contributed by atoms with van der Waals surface area (Å²) in [4.78, 5) is 16.8. The van der Waals surface area contributed by atoms with Crippen LogP contribution in [0.1, 0.15) is 17.5 Å². The number of aromatic nitrogens is 1. The van der Waals surface area contributed by atoms with Gasteiger partial charge in [-0.1, -0.05) is 35.9 Å². The van der Waals surface area contributed by atoms with E-state index in [0.717, 1.165) is 21.8 Å². The van der Waals surface area contributed by atoms with Gasteiger partial charge in [-0.05, 0) is 49.2 Å². The topological polar surface area (TPSA) is 42.0 Å². The molecule has 0 saturated heterocycles. The molecule has 3 rings (SSSR count). The average molecular weight is 371 g/mol. The molecule has 3 aromatic rings. The van der Waals surface area contributed by atoms with Crippen LogP contribution in [0.2, 0.25) is 5.02 Å². The highest BCUT2D eigenvalue weighted by Crippen LogP contribution is 2.25. The van der Waals surface area contributed by atoms with E-state index in [9.17, 15) is 4.79 Å². The fourth-order valence-corrected chi connectivity index (χ4v) is 3.69. The van der Waals surface area contributed by atoms with Crippen molar-refractivity contribution in [1.29, 1.82) is 0 Å². The number of anilines is 1. The number of pyridine rings is 1. The highest BCUT2D eigenvalue weighted by atomic mass is 35.5. The second-order valence-corrected chi connectivity index (χ2v) is 7.38. The predicted molar refractivity (Wildman–Crippen MR) is 107 cm³/mol. The number of aryl methyl sites for hydroxylation is 1. The lowest BCUT2D eigenvalue weighted by Crippen LogP contribution is -2.13. The molecule has 1 N–H and O–H groups in total. The number of nitrogens with one attached hydrogen (secondary N) is 1. The van der Waals surface area contributed by atoms with Crippen molar-refractivity contribution in [2.45, 2.75) is 25.3 Å². The van der Waals surface area contributed by atoms with Gasteiger partial charge in [0.25, 0.3) is 0 Å². The summed E-state index contributed by atoms with van der Waals surface area (Å²) in [6.07, 6.45) is 0.421. The predicted octanol–water partition coefficient (Wildman–Crippen LogP) is 5.63. The summed E-state index contributed by atoms with van der Waals surface area (Å²) in [6, 6.07) is 15.7. The molecule has 0 spiro atoms. The first-order chi connectivity index (χ1) is 12.0. The molecule has 0 bridgehead atoms. The van der Waals surface area contributed by atoms with Gasteiger partial charge in [0.2, 0.25) is 5.91 Å². The van der Waals surface area contributed by atoms with Crippen LogP contribution < -0.4 is 5.32 Å². The second-order valence-electron chi connectivity index (χ2n) is 5.85. The number of para-hydroxylation sites is 1. The number of hydrogen-bond donors (Lipinski definition) is 1. The van der Waals surface area contributed by atoms with Gasteiger partial charge in [-0.15, -0.1) is 11.8 Å². The molecule has 3 nitrogen and oxygen atoms in total. The Kier molecular flexibility index (Phi) is 5.61. The molecule has 5 heteroatoms. The van der Waals surface area contributed by atoms with Crippen molar-refractivity contribution in [1.82, 2.24) is 4.98 Å². The molecule has 0 atom stereocenters. The summed E-state index contributed by atoms with van der Waals surface area (Å²) in [6.45, 7) is 3.98. The minimum Gasteiger partial charge on any atom is -0.326 e. The van der Waals surface area contributed by atoms with E-state index in [-0.39, 0.29) is 5.91 Å². The summed E-state index contributed by atoms with van der Waals surface area (Å²) >= 11 is 7.68. The Morgan fingerprint density at radius 1 is 1.16 bits per heavy atom. The van der Waals surface area contributed by atoms with Crippen molar-refractivity contribution in [2.24, 2.45) is 0 Å². The molecule has 1 amide bonds. The molecule has 0 radical (unpaired) electrons. The first kappa shape index (κ1) is 17.8. The third-order valence-corrected chi connectivity index (χ3v) is 5.34. The van der Waals surface area contributed by atoms with Crippen LogP contribution in [-0.4, -0.2) is 16.6 Å². The Morgan fingerprint density at radius 2 is 1.96 bits per heavy atom. The Balaban J connectivity index is 1.59. The molecule has 0 aliphatic heterocycles. The minimum atomic E-state index is -0.0182. The number of rotatable bonds is 5. The van der Waals surface area contributed by atoms with Crippen LogP contribution in [0.5, 0.6) is 0 Å². The van der Waals surface area contributed by atoms with E-state index < -0.39 is 0 Å². The zero-order valence-corrected chi connectivity index (χ0v) is 15.7. The van der Waals surface area contributed by atoms with Gasteiger partial charge in [-0.25, -0.2) is 4.98 Å². The fourth-order valence-electron chi connectivity index (χ4n) is 2.60. The Bertz CT molecular complexity index is 927. The van der Waals surface area contributed by atoms with Crippen LogP contribution in [-0.2, 0) is 4.79 Å². The van der Waals surface area contributed by atoms with Gasteiger partial charge in [-0.2, -0.15) is 0 Å². The van der Waals surface area contributed by atoms with Gasteiger partial charge >= 0.3 is 0 Å². The number of nitrogens with zero attached hydrogens (tertiary/aromatic N) is 1. The van der Waals surface area contributed by atoms with E-state index in [0.29, 0.717) is 17.2 Å². The Morgan fingerprint density at radius 3 is 2.80 bits per heavy atom. The van der Waals surface area contributed by atoms with Crippen LogP contribution in [0.25, 0.3) is 10.9 Å². The van der Waals surface area contributed by atoms with E-state index in [4.69, 9.17) is 11.6 Å². The number of fused-ring (bicyclic) bond motifs is 1. The van der Waals surface area contributed by atoms with Gasteiger partial charge < -0.3 is 5.32 Å². The van der Waals surface area contributed by atoms with Gasteiger partial charge in [0.05, 0.1) is 10.5 Å². The van der Waals surface area contributed by atoms with Crippen molar-refractivity contribution >= 4 is 45.9 Å². The van der Waals surface area contributed by atoms with Gasteiger partial charge in [0.15, 0.2) is 0 Å². The number of benzene rings is 2. The number of carbonyl (C=O) groups is 1. The molecular weight excluding hydrogens is 352 g/mol. The summed E-state index contributed by atoms with van der Waals surface area (Å²) in [7, 11) is 0. The van der Waals surface area contributed by atoms with E-state index in [2.05, 4.69) is 29.4 Å². The molecule has 1 aromatic heterocycles. The maximum atomic E-state index is 12.2. The molecular formula is C20H19ClN2OS. The van der Waals surface area contributed by atoms with Crippen LogP contribution in [0, 0.1) is 13.8 Å². The maximum Gasteiger partial charge on any atom is 0.225 e. The largest absolute Gasteiger partial charge is 0.326 e. The van der Waals surface area contributed by atoms with Crippen molar-refractivity contribution in [3.63, 3.8) is 0 Å². The van der Waals surface area contributed by atoms with E-state index in [1.165, 1.54) is 10.9 Å². The molecule has 0 unspecified atom stereocenters. The first-order valence-electron chi connectivity index (χ1n) is 8.09. The zero-order chi connectivity index (χ0) is 17.8. The molecule has 128 valence electrons. The standard InChI is InChI=1S/C20H19ClN2OS/c1-13-12-20(23-18-8-4-3-6-15(13)18)25-11-10-19(24)22-17-9-5-7-16(21)14(17)2/h3-9,12H,10-11H2,1-2H3,(H,22,24). The molecule has 0 aliphatic carbocycles. The van der Waals surface area contributed by atoms with Gasteiger partial charge in [-0.3, -0.25) is 4.79 Å². The molecule has 1 heterocycles. The normalized spacial score (nSPS) is 10.8. The van der Waals surface area contributed by atoms with Crippen molar-refractivity contribution in [2.75, 3.05) is 11.1 Å². The van der Waals surface area contributed by atoms with Crippen LogP contribution in [0.3, 0.4) is 0 Å². The summed E-state index contributed by atoms with van der Waals surface area (Å²) in [5, 5.41) is 5.69. The minimum absolute atomic E-state index is 0.0182. The summed E-state index contributed by atoms with van der Waals surface area (Å²) in [5.74, 6) is 0.659. The number of amides is 1. The van der Waals surface area contributed by atoms with E-state index >= 15 is 0 Å². The van der Waals surface area contributed by atoms with Crippen molar-refractivity contribution < 1.29 is 4.79 Å². The maximum absolute atomic E-state index is 12.2. The number of halogens is 1. The van der Waals surface area contributed by atoms with E-state index in [1.54, 1.807) is 11.8 Å². The first-order valence-corrected chi connectivity index (χ1v) is 9.45. The molecule has 2 aromatic carbocycles. The third kappa shape index (κ3) is 4.33. The Labute approximate surface area is 156 Å². The fraction of sp³-hybridized carbons (Fsp3) is 0.200. The molecule has 25 heavy (non-hydrogen) atoms. The van der Waals surface area contributed by atoms with Gasteiger partial charge in [0, 0.05) is 28.3 Å². The third-order valence-electron chi connectivity index (χ3n) is 4.02. The molecule has 0 fully saturated rings. The molecule has 0 saturated carbocycles. The van der Waals surface area contributed by atoms with Crippen molar-refractivity contribution in [3.8, 4) is 0 Å². The quantitative estimate of drug-likeness (QED) is 0.592. The highest BCUT2D eigenvalue weighted by molar-refractivity contribution is 7.99. The lowest BCUT2D eigenvalue weighted by molar-refractivity contribution is -0.115. The Hall–Kier alpha value is -2.04. The lowest BCUT2D eigenvalue weighted by Gasteiger charge is -2.09. The van der Waals surface area contributed by atoms with Crippen molar-refractivity contribution in [3.05, 3.63) is 64.7 Å². The second kappa shape index (κ2) is 7.89. The van der Waals surface area contributed by atoms with Crippen LogP contribution in [0.15, 0.2) is 53.6 Å². The van der Waals surface area contributed by atoms with Crippen LogP contribution >= 0.6 is 23.4 Å². The number of thioether (sulfide) groups is 1. The monoisotopic (exact) mass is 370 g/mol. The zero-order valence-electron chi connectivity index (χ0n) is 14.2. The average Bonchev–Trinajstić information content (AvgIpc) is 2.59. The lowest BCUT2D eigenvalue weighted by atomic mass is 10.1. The smallest absolute Gasteiger partial charge is 0.225 e. The summed E-state index contributed by atoms with van der Waals surface area (Å²) < 4.78 is 0. The van der Waals surface area contributed by atoms with E-state index in [1.807, 2.05) is 43.3 Å². The molecule has 0 aliphatic rings. The number of hydrogen-bond acceptors (Lipinski definition) is 3. The van der Waals surface area contributed by atoms with Gasteiger partial charge in [0.1, 0.15) is 0 Å². The SMILES string of the molecule is Cc1c(Cl)cccc1NC(=O)CCSc1cc(C)c2ccccc2n1.